The number of fused-ring (bicyclic) bond motifs is 1. The van der Waals surface area contributed by atoms with Gasteiger partial charge in [0.15, 0.2) is 0 Å². The van der Waals surface area contributed by atoms with Gasteiger partial charge in [0.05, 0.1) is 12.7 Å². The van der Waals surface area contributed by atoms with Crippen LogP contribution in [0.1, 0.15) is 24.5 Å². The molecule has 4 rings (SSSR count). The molecule has 1 aromatic carbocycles. The largest absolute Gasteiger partial charge is 0.493 e. The fourth-order valence-corrected chi connectivity index (χ4v) is 3.11. The van der Waals surface area contributed by atoms with Crippen LogP contribution >= 0.6 is 0 Å². The molecular weight excluding hydrogens is 282 g/mol. The maximum Gasteiger partial charge on any atom is 0.257 e. The highest BCUT2D eigenvalue weighted by Gasteiger charge is 2.29. The van der Waals surface area contributed by atoms with Gasteiger partial charge in [-0.2, -0.15) is 4.98 Å². The molecule has 0 aliphatic carbocycles. The maximum atomic E-state index is 5.91. The van der Waals surface area contributed by atoms with Crippen LogP contribution in [-0.4, -0.2) is 47.9 Å². The lowest BCUT2D eigenvalue weighted by molar-refractivity contribution is -0.0838. The minimum absolute atomic E-state index is 0.159. The highest BCUT2D eigenvalue weighted by Crippen LogP contribution is 2.30. The zero-order chi connectivity index (χ0) is 15.1. The van der Waals surface area contributed by atoms with Gasteiger partial charge in [-0.25, -0.2) is 0 Å². The summed E-state index contributed by atoms with van der Waals surface area (Å²) in [6, 6.07) is 6.02. The zero-order valence-corrected chi connectivity index (χ0v) is 12.8. The molecular formula is C16H19N3O3. The van der Waals surface area contributed by atoms with E-state index in [1.807, 2.05) is 12.1 Å². The zero-order valence-electron chi connectivity index (χ0n) is 12.8. The monoisotopic (exact) mass is 301 g/mol. The Labute approximate surface area is 129 Å². The second-order valence-corrected chi connectivity index (χ2v) is 6.03. The van der Waals surface area contributed by atoms with Crippen LogP contribution in [0.25, 0.3) is 11.4 Å². The molecule has 1 saturated heterocycles. The summed E-state index contributed by atoms with van der Waals surface area (Å²) in [6.45, 7) is 4.49. The summed E-state index contributed by atoms with van der Waals surface area (Å²) in [4.78, 5) is 6.75. The first kappa shape index (κ1) is 13.7. The van der Waals surface area contributed by atoms with Crippen molar-refractivity contribution in [2.45, 2.75) is 25.6 Å². The van der Waals surface area contributed by atoms with Crippen molar-refractivity contribution in [3.8, 4) is 17.1 Å². The molecule has 6 heteroatoms. The number of morpholine rings is 1. The highest BCUT2D eigenvalue weighted by atomic mass is 16.5. The van der Waals surface area contributed by atoms with Crippen LogP contribution in [0.4, 0.5) is 0 Å². The quantitative estimate of drug-likeness (QED) is 0.846. The van der Waals surface area contributed by atoms with E-state index in [9.17, 15) is 0 Å². The van der Waals surface area contributed by atoms with E-state index in [1.165, 1.54) is 5.56 Å². The lowest BCUT2D eigenvalue weighted by Gasteiger charge is -2.32. The third kappa shape index (κ3) is 2.48. The molecule has 0 radical (unpaired) electrons. The third-order valence-corrected chi connectivity index (χ3v) is 4.11. The Hall–Kier alpha value is -1.92. The van der Waals surface area contributed by atoms with Gasteiger partial charge in [-0.15, -0.1) is 0 Å². The van der Waals surface area contributed by atoms with Crippen molar-refractivity contribution >= 4 is 0 Å². The summed E-state index contributed by atoms with van der Waals surface area (Å²) in [6.07, 6.45) is 0.936. The van der Waals surface area contributed by atoms with Crippen molar-refractivity contribution in [2.75, 3.05) is 26.7 Å². The van der Waals surface area contributed by atoms with Crippen molar-refractivity contribution in [1.82, 2.24) is 15.0 Å². The summed E-state index contributed by atoms with van der Waals surface area (Å²) in [5.74, 6) is 2.11. The van der Waals surface area contributed by atoms with Gasteiger partial charge in [-0.3, -0.25) is 0 Å². The van der Waals surface area contributed by atoms with Crippen LogP contribution in [-0.2, 0) is 11.2 Å². The first-order valence-electron chi connectivity index (χ1n) is 7.63. The fraction of sp³-hybridized carbons (Fsp3) is 0.500. The Morgan fingerprint density at radius 2 is 2.18 bits per heavy atom. The molecule has 0 N–H and O–H groups in total. The predicted octanol–water partition coefficient (Wildman–Crippen LogP) is 2.06. The minimum Gasteiger partial charge on any atom is -0.493 e. The number of likely N-dealkylation sites (N-methyl/N-ethyl adjacent to an activating group) is 1. The van der Waals surface area contributed by atoms with Gasteiger partial charge in [0.25, 0.3) is 5.89 Å². The molecule has 1 fully saturated rings. The number of rotatable bonds is 2. The number of aromatic nitrogens is 2. The normalized spacial score (nSPS) is 25.0. The van der Waals surface area contributed by atoms with Crippen molar-refractivity contribution < 1.29 is 14.0 Å². The van der Waals surface area contributed by atoms with Gasteiger partial charge < -0.3 is 18.9 Å². The summed E-state index contributed by atoms with van der Waals surface area (Å²) < 4.78 is 16.9. The van der Waals surface area contributed by atoms with Gasteiger partial charge in [0.2, 0.25) is 5.82 Å². The Morgan fingerprint density at radius 1 is 1.27 bits per heavy atom. The van der Waals surface area contributed by atoms with Gasteiger partial charge in [0, 0.05) is 25.1 Å². The van der Waals surface area contributed by atoms with Crippen LogP contribution in [0.5, 0.6) is 5.75 Å². The summed E-state index contributed by atoms with van der Waals surface area (Å²) in [5, 5.41) is 4.11. The second kappa shape index (κ2) is 5.37. The van der Waals surface area contributed by atoms with Crippen LogP contribution in [0.15, 0.2) is 22.7 Å². The first-order valence-corrected chi connectivity index (χ1v) is 7.63. The Morgan fingerprint density at radius 3 is 3.05 bits per heavy atom. The predicted molar refractivity (Wildman–Crippen MR) is 79.7 cm³/mol. The molecule has 0 amide bonds. The van der Waals surface area contributed by atoms with E-state index < -0.39 is 0 Å². The molecule has 2 aliphatic rings. The molecule has 116 valence electrons. The molecule has 2 unspecified atom stereocenters. The lowest BCUT2D eigenvalue weighted by atomic mass is 10.1. The number of hydrogen-bond acceptors (Lipinski definition) is 6. The topological polar surface area (TPSA) is 60.6 Å². The van der Waals surface area contributed by atoms with E-state index in [0.717, 1.165) is 37.4 Å². The maximum absolute atomic E-state index is 5.91. The van der Waals surface area contributed by atoms with Crippen LogP contribution < -0.4 is 4.74 Å². The number of ether oxygens (including phenoxy) is 2. The average molecular weight is 301 g/mol. The summed E-state index contributed by atoms with van der Waals surface area (Å²) in [7, 11) is 2.07. The third-order valence-electron chi connectivity index (χ3n) is 4.11. The SMILES string of the molecule is CC1CN(C)CC(c2nc(-c3ccc4c(c3)CCO4)no2)O1. The summed E-state index contributed by atoms with van der Waals surface area (Å²) in [5.41, 5.74) is 2.16. The molecule has 2 atom stereocenters. The Kier molecular flexibility index (Phi) is 3.35. The highest BCUT2D eigenvalue weighted by molar-refractivity contribution is 5.59. The molecule has 22 heavy (non-hydrogen) atoms. The minimum atomic E-state index is -0.159. The van der Waals surface area contributed by atoms with Crippen molar-refractivity contribution in [3.05, 3.63) is 29.7 Å². The van der Waals surface area contributed by atoms with Crippen LogP contribution in [0.2, 0.25) is 0 Å². The van der Waals surface area contributed by atoms with E-state index in [4.69, 9.17) is 14.0 Å². The molecule has 2 aromatic rings. The Balaban J connectivity index is 1.59. The smallest absolute Gasteiger partial charge is 0.257 e. The molecule has 2 aliphatic heterocycles. The van der Waals surface area contributed by atoms with Gasteiger partial charge in [-0.05, 0) is 37.7 Å². The molecule has 0 bridgehead atoms. The summed E-state index contributed by atoms with van der Waals surface area (Å²) >= 11 is 0. The van der Waals surface area contributed by atoms with Gasteiger partial charge >= 0.3 is 0 Å². The van der Waals surface area contributed by atoms with Crippen molar-refractivity contribution in [3.63, 3.8) is 0 Å². The first-order chi connectivity index (χ1) is 10.7. The molecule has 1 aromatic heterocycles. The van der Waals surface area contributed by atoms with Gasteiger partial charge in [0.1, 0.15) is 11.9 Å². The van der Waals surface area contributed by atoms with E-state index in [0.29, 0.717) is 11.7 Å². The second-order valence-electron chi connectivity index (χ2n) is 6.03. The van der Waals surface area contributed by atoms with E-state index in [1.54, 1.807) is 0 Å². The average Bonchev–Trinajstić information content (AvgIpc) is 3.14. The van der Waals surface area contributed by atoms with E-state index in [2.05, 4.69) is 35.1 Å². The number of nitrogens with zero attached hydrogens (tertiary/aromatic N) is 3. The Bertz CT molecular complexity index is 675. The lowest BCUT2D eigenvalue weighted by Crippen LogP contribution is -2.40. The van der Waals surface area contributed by atoms with Crippen LogP contribution in [0, 0.1) is 0 Å². The van der Waals surface area contributed by atoms with E-state index in [-0.39, 0.29) is 12.2 Å². The van der Waals surface area contributed by atoms with E-state index >= 15 is 0 Å². The van der Waals surface area contributed by atoms with Gasteiger partial charge in [-0.1, -0.05) is 5.16 Å². The molecule has 6 nitrogen and oxygen atoms in total. The van der Waals surface area contributed by atoms with Crippen LogP contribution in [0.3, 0.4) is 0 Å². The number of benzene rings is 1. The molecule has 0 saturated carbocycles. The standard InChI is InChI=1S/C16H19N3O3/c1-10-8-19(2)9-14(21-10)16-17-15(18-22-16)12-3-4-13-11(7-12)5-6-20-13/h3-4,7,10,14H,5-6,8-9H2,1-2H3. The fourth-order valence-electron chi connectivity index (χ4n) is 3.11. The molecule has 0 spiro atoms. The van der Waals surface area contributed by atoms with Crippen molar-refractivity contribution in [2.24, 2.45) is 0 Å². The van der Waals surface area contributed by atoms with Crippen molar-refractivity contribution in [1.29, 1.82) is 0 Å². The number of hydrogen-bond donors (Lipinski definition) is 0. The molecule has 3 heterocycles.